The van der Waals surface area contributed by atoms with Crippen LogP contribution in [-0.2, 0) is 9.53 Å². The summed E-state index contributed by atoms with van der Waals surface area (Å²) in [5, 5.41) is 0. The molecule has 210 valence electrons. The van der Waals surface area contributed by atoms with E-state index in [2.05, 4.69) is 46.0 Å². The van der Waals surface area contributed by atoms with Crippen molar-refractivity contribution in [2.45, 2.75) is 52.5 Å². The van der Waals surface area contributed by atoms with Crippen LogP contribution in [-0.4, -0.2) is 37.3 Å². The number of rotatable bonds is 8. The summed E-state index contributed by atoms with van der Waals surface area (Å²) in [4.78, 5) is 35.3. The second-order valence-corrected chi connectivity index (χ2v) is 11.9. The number of hydrogen-bond donors (Lipinski definition) is 0. The minimum absolute atomic E-state index is 0.180. The maximum Gasteiger partial charge on any atom is 0.338 e. The molecule has 1 saturated heterocycles. The first kappa shape index (κ1) is 28.4. The second-order valence-electron chi connectivity index (χ2n) is 10.0. The highest BCUT2D eigenvalue weighted by atomic mass is 79.9. The number of anilines is 1. The van der Waals surface area contributed by atoms with E-state index in [1.165, 1.54) is 29.9 Å². The Morgan fingerprint density at radius 2 is 1.95 bits per heavy atom. The zero-order valence-electron chi connectivity index (χ0n) is 23.3. The molecule has 2 aliphatic rings. The van der Waals surface area contributed by atoms with Gasteiger partial charge in [0.1, 0.15) is 5.75 Å². The van der Waals surface area contributed by atoms with Crippen molar-refractivity contribution < 1.29 is 14.3 Å². The normalized spacial score (nSPS) is 17.2. The number of methoxy groups -OCH3 is 1. The Bertz CT molecular complexity index is 1650. The first-order valence-electron chi connectivity index (χ1n) is 13.8. The Balaban J connectivity index is 1.68. The molecule has 3 aromatic rings. The van der Waals surface area contributed by atoms with Gasteiger partial charge in [-0.05, 0) is 96.1 Å². The number of thiazole rings is 1. The van der Waals surface area contributed by atoms with E-state index >= 15 is 0 Å². The topological polar surface area (TPSA) is 73.1 Å². The number of aromatic nitrogens is 1. The number of hydrogen-bond acceptors (Lipinski definition) is 7. The number of benzene rings is 2. The minimum Gasteiger partial charge on any atom is -0.496 e. The second kappa shape index (κ2) is 12.1. The van der Waals surface area contributed by atoms with Gasteiger partial charge in [0.2, 0.25) is 0 Å². The lowest BCUT2D eigenvalue weighted by atomic mass is 9.94. The summed E-state index contributed by atoms with van der Waals surface area (Å²) in [5.41, 5.74) is 5.00. The van der Waals surface area contributed by atoms with Crippen molar-refractivity contribution in [3.63, 3.8) is 0 Å². The first-order chi connectivity index (χ1) is 19.4. The van der Waals surface area contributed by atoms with Crippen molar-refractivity contribution in [2.24, 2.45) is 4.99 Å². The van der Waals surface area contributed by atoms with E-state index in [9.17, 15) is 9.59 Å². The number of allylic oxidation sites excluding steroid dienone is 1. The van der Waals surface area contributed by atoms with Crippen molar-refractivity contribution in [1.82, 2.24) is 4.57 Å². The molecule has 0 amide bonds. The largest absolute Gasteiger partial charge is 0.496 e. The molecule has 40 heavy (non-hydrogen) atoms. The van der Waals surface area contributed by atoms with Gasteiger partial charge in [0, 0.05) is 18.8 Å². The van der Waals surface area contributed by atoms with E-state index < -0.39 is 12.0 Å². The third-order valence-corrected chi connectivity index (χ3v) is 9.00. The molecule has 1 fully saturated rings. The summed E-state index contributed by atoms with van der Waals surface area (Å²) in [7, 11) is 1.60. The highest BCUT2D eigenvalue weighted by molar-refractivity contribution is 9.10. The van der Waals surface area contributed by atoms with Crippen LogP contribution in [0.1, 0.15) is 62.3 Å². The van der Waals surface area contributed by atoms with Crippen molar-refractivity contribution in [3.8, 4) is 5.75 Å². The van der Waals surface area contributed by atoms with Crippen LogP contribution in [0, 0.1) is 6.92 Å². The van der Waals surface area contributed by atoms with Crippen LogP contribution in [0.3, 0.4) is 0 Å². The molecule has 5 rings (SSSR count). The van der Waals surface area contributed by atoms with Crippen LogP contribution < -0.4 is 24.5 Å². The zero-order valence-corrected chi connectivity index (χ0v) is 25.7. The monoisotopic (exact) mass is 623 g/mol. The van der Waals surface area contributed by atoms with E-state index in [4.69, 9.17) is 14.5 Å². The molecule has 0 aliphatic carbocycles. The van der Waals surface area contributed by atoms with Gasteiger partial charge in [0.15, 0.2) is 4.80 Å². The Morgan fingerprint density at radius 3 is 2.60 bits per heavy atom. The Kier molecular flexibility index (Phi) is 8.61. The van der Waals surface area contributed by atoms with Crippen molar-refractivity contribution >= 4 is 45.0 Å². The van der Waals surface area contributed by atoms with E-state index in [1.807, 2.05) is 31.2 Å². The molecule has 9 heteroatoms. The standard InChI is InChI=1S/C31H34BrN3O4S/c1-5-9-24-27(30(37)39-6-2)28(21-11-13-25(38-4)23(32)17-21)35-29(36)26(40-31(35)33-24)18-20-10-12-22(16-19(20)3)34-14-7-8-15-34/h10-13,16-18,28H,5-9,14-15H2,1-4H3/b26-18+/t28-/m1/s1. The Labute approximate surface area is 246 Å². The number of esters is 1. The van der Waals surface area contributed by atoms with Crippen molar-refractivity contribution in [1.29, 1.82) is 0 Å². The molecule has 0 saturated carbocycles. The van der Waals surface area contributed by atoms with E-state index in [1.54, 1.807) is 18.6 Å². The Hall–Kier alpha value is -3.17. The summed E-state index contributed by atoms with van der Waals surface area (Å²) in [6, 6.07) is 11.4. The average molecular weight is 625 g/mol. The zero-order chi connectivity index (χ0) is 28.4. The molecule has 0 N–H and O–H groups in total. The smallest absolute Gasteiger partial charge is 0.338 e. The van der Waals surface area contributed by atoms with E-state index in [0.717, 1.165) is 40.7 Å². The van der Waals surface area contributed by atoms with Crippen LogP contribution in [0.25, 0.3) is 6.08 Å². The van der Waals surface area contributed by atoms with Crippen LogP contribution >= 0.6 is 27.3 Å². The molecule has 0 unspecified atom stereocenters. The summed E-state index contributed by atoms with van der Waals surface area (Å²) < 4.78 is 13.9. The summed E-state index contributed by atoms with van der Waals surface area (Å²) in [6.07, 6.45) is 5.80. The van der Waals surface area contributed by atoms with Gasteiger partial charge in [-0.2, -0.15) is 0 Å². The molecule has 1 aromatic heterocycles. The van der Waals surface area contributed by atoms with Gasteiger partial charge in [0.25, 0.3) is 5.56 Å². The third kappa shape index (κ3) is 5.41. The van der Waals surface area contributed by atoms with Crippen molar-refractivity contribution in [2.75, 3.05) is 31.7 Å². The highest BCUT2D eigenvalue weighted by Crippen LogP contribution is 2.36. The van der Waals surface area contributed by atoms with Crippen LogP contribution in [0.5, 0.6) is 5.75 Å². The number of carbonyl (C=O) groups is 1. The number of aryl methyl sites for hydroxylation is 1. The van der Waals surface area contributed by atoms with E-state index in [0.29, 0.717) is 32.8 Å². The SMILES string of the molecule is CCCC1=C(C(=O)OCC)[C@@H](c2ccc(OC)c(Br)c2)n2c(s/c(=C/c3ccc(N4CCCC4)cc3C)c2=O)=N1. The number of halogens is 1. The fourth-order valence-corrected chi connectivity index (χ4v) is 6.99. The summed E-state index contributed by atoms with van der Waals surface area (Å²) >= 11 is 4.94. The van der Waals surface area contributed by atoms with Gasteiger partial charge in [-0.3, -0.25) is 9.36 Å². The van der Waals surface area contributed by atoms with Gasteiger partial charge >= 0.3 is 5.97 Å². The number of nitrogens with zero attached hydrogens (tertiary/aromatic N) is 3. The summed E-state index contributed by atoms with van der Waals surface area (Å²) in [6.45, 7) is 8.32. The first-order valence-corrected chi connectivity index (χ1v) is 15.4. The van der Waals surface area contributed by atoms with Gasteiger partial charge < -0.3 is 14.4 Å². The molecular formula is C31H34BrN3O4S. The summed E-state index contributed by atoms with van der Waals surface area (Å²) in [5.74, 6) is 0.216. The lowest BCUT2D eigenvalue weighted by Gasteiger charge is -2.26. The Morgan fingerprint density at radius 1 is 1.18 bits per heavy atom. The fraction of sp³-hybridized carbons (Fsp3) is 0.387. The molecular weight excluding hydrogens is 590 g/mol. The minimum atomic E-state index is -0.667. The lowest BCUT2D eigenvalue weighted by Crippen LogP contribution is -2.40. The highest BCUT2D eigenvalue weighted by Gasteiger charge is 2.34. The molecule has 0 bridgehead atoms. The van der Waals surface area contributed by atoms with Crippen LogP contribution in [0.2, 0.25) is 0 Å². The molecule has 1 atom stereocenters. The maximum absolute atomic E-state index is 14.1. The number of carbonyl (C=O) groups excluding carboxylic acids is 1. The molecule has 0 radical (unpaired) electrons. The molecule has 0 spiro atoms. The van der Waals surface area contributed by atoms with Crippen LogP contribution in [0.15, 0.2) is 61.9 Å². The van der Waals surface area contributed by atoms with Gasteiger partial charge in [-0.15, -0.1) is 0 Å². The van der Waals surface area contributed by atoms with E-state index in [-0.39, 0.29) is 12.2 Å². The van der Waals surface area contributed by atoms with Crippen molar-refractivity contribution in [3.05, 3.63) is 88.5 Å². The van der Waals surface area contributed by atoms with Crippen LogP contribution in [0.4, 0.5) is 5.69 Å². The number of fused-ring (bicyclic) bond motifs is 1. The fourth-order valence-electron chi connectivity index (χ4n) is 5.42. The molecule has 2 aromatic carbocycles. The predicted molar refractivity (Wildman–Crippen MR) is 163 cm³/mol. The molecule has 3 heterocycles. The lowest BCUT2D eigenvalue weighted by molar-refractivity contribution is -0.139. The average Bonchev–Trinajstić information content (AvgIpc) is 3.58. The van der Waals surface area contributed by atoms with Gasteiger partial charge in [-0.1, -0.05) is 36.8 Å². The quantitative estimate of drug-likeness (QED) is 0.320. The predicted octanol–water partition coefficient (Wildman–Crippen LogP) is 5.26. The number of ether oxygens (including phenoxy) is 2. The molecule has 2 aliphatic heterocycles. The maximum atomic E-state index is 14.1. The van der Waals surface area contributed by atoms with Gasteiger partial charge in [-0.25, -0.2) is 9.79 Å². The van der Waals surface area contributed by atoms with Gasteiger partial charge in [0.05, 0.1) is 40.0 Å². The molecule has 7 nitrogen and oxygen atoms in total. The third-order valence-electron chi connectivity index (χ3n) is 7.39.